The number of halogens is 1. The van der Waals surface area contributed by atoms with Crippen LogP contribution in [0.15, 0.2) is 71.6 Å². The summed E-state index contributed by atoms with van der Waals surface area (Å²) in [5, 5.41) is 0.307. The highest BCUT2D eigenvalue weighted by atomic mass is 35.5. The van der Waals surface area contributed by atoms with Crippen molar-refractivity contribution in [2.75, 3.05) is 27.4 Å². The van der Waals surface area contributed by atoms with Gasteiger partial charge >= 0.3 is 0 Å². The molecule has 9 heteroatoms. The zero-order valence-corrected chi connectivity index (χ0v) is 21.3. The summed E-state index contributed by atoms with van der Waals surface area (Å²) in [6.07, 6.45) is 1.67. The van der Waals surface area contributed by atoms with E-state index in [2.05, 4.69) is 0 Å². The Balaban J connectivity index is 1.42. The molecule has 36 heavy (non-hydrogen) atoms. The highest BCUT2D eigenvalue weighted by Gasteiger charge is 2.34. The summed E-state index contributed by atoms with van der Waals surface area (Å²) in [7, 11) is 3.11. The summed E-state index contributed by atoms with van der Waals surface area (Å²) in [6.45, 7) is 0.592. The van der Waals surface area contributed by atoms with Crippen molar-refractivity contribution in [3.63, 3.8) is 0 Å². The Labute approximate surface area is 218 Å². The van der Waals surface area contributed by atoms with Crippen LogP contribution in [0.5, 0.6) is 23.0 Å². The van der Waals surface area contributed by atoms with Crippen molar-refractivity contribution in [3.05, 3.63) is 87.8 Å². The van der Waals surface area contributed by atoms with Crippen LogP contribution >= 0.6 is 23.4 Å². The van der Waals surface area contributed by atoms with Gasteiger partial charge < -0.3 is 18.9 Å². The third-order valence-electron chi connectivity index (χ3n) is 5.31. The molecule has 0 unspecified atom stereocenters. The first-order valence-electron chi connectivity index (χ1n) is 11.0. The summed E-state index contributed by atoms with van der Waals surface area (Å²) in [4.78, 5) is 26.9. The second kappa shape index (κ2) is 11.9. The van der Waals surface area contributed by atoms with E-state index >= 15 is 0 Å². The molecule has 0 aliphatic carbocycles. The number of benzene rings is 3. The van der Waals surface area contributed by atoms with Gasteiger partial charge in [-0.25, -0.2) is 0 Å². The lowest BCUT2D eigenvalue weighted by Crippen LogP contribution is -2.32. The second-order valence-electron chi connectivity index (χ2n) is 7.66. The number of thioether (sulfide) groups is 1. The highest BCUT2D eigenvalue weighted by molar-refractivity contribution is 8.18. The maximum absolute atomic E-state index is 12.9. The third kappa shape index (κ3) is 6.13. The molecule has 3 aromatic rings. The Morgan fingerprint density at radius 3 is 2.28 bits per heavy atom. The number of para-hydroxylation sites is 2. The van der Waals surface area contributed by atoms with Crippen LogP contribution in [0.3, 0.4) is 0 Å². The quantitative estimate of drug-likeness (QED) is 0.298. The fraction of sp³-hybridized carbons (Fsp3) is 0.185. The van der Waals surface area contributed by atoms with E-state index in [1.54, 1.807) is 62.8 Å². The molecule has 1 saturated heterocycles. The zero-order valence-electron chi connectivity index (χ0n) is 19.7. The smallest absolute Gasteiger partial charge is 0.293 e. The molecule has 7 nitrogen and oxygen atoms in total. The summed E-state index contributed by atoms with van der Waals surface area (Å²) in [6, 6.07) is 19.9. The molecule has 1 aliphatic rings. The molecule has 0 spiro atoms. The standard InChI is InChI=1S/C27H24ClNO6S/c1-32-21-5-3-4-6-23(21)34-14-13-29-26(30)25(36-27(29)31)16-19-9-12-22(33-2)24(15-19)35-17-18-7-10-20(28)11-8-18/h3-12,15-16H,13-14,17H2,1-2H3/b25-16-. The number of nitrogens with zero attached hydrogens (tertiary/aromatic N) is 1. The molecular formula is C27H24ClNO6S. The van der Waals surface area contributed by atoms with Crippen LogP contribution in [0.1, 0.15) is 11.1 Å². The number of amides is 2. The van der Waals surface area contributed by atoms with Crippen molar-refractivity contribution in [3.8, 4) is 23.0 Å². The normalized spacial score (nSPS) is 14.3. The van der Waals surface area contributed by atoms with Gasteiger partial charge in [-0.1, -0.05) is 41.9 Å². The van der Waals surface area contributed by atoms with Crippen LogP contribution in [0.4, 0.5) is 4.79 Å². The predicted octanol–water partition coefficient (Wildman–Crippen LogP) is 6.05. The van der Waals surface area contributed by atoms with Gasteiger partial charge in [-0.05, 0) is 65.4 Å². The monoisotopic (exact) mass is 525 g/mol. The molecule has 1 aliphatic heterocycles. The minimum atomic E-state index is -0.368. The van der Waals surface area contributed by atoms with Crippen molar-refractivity contribution in [1.29, 1.82) is 0 Å². The maximum Gasteiger partial charge on any atom is 0.293 e. The number of carbonyl (C=O) groups excluding carboxylic acids is 2. The van der Waals surface area contributed by atoms with Crippen LogP contribution in [0.2, 0.25) is 5.02 Å². The largest absolute Gasteiger partial charge is 0.493 e. The van der Waals surface area contributed by atoms with Gasteiger partial charge in [-0.3, -0.25) is 14.5 Å². The van der Waals surface area contributed by atoms with Gasteiger partial charge in [0.15, 0.2) is 23.0 Å². The maximum atomic E-state index is 12.9. The Hall–Kier alpha value is -3.62. The first kappa shape index (κ1) is 25.5. The molecular weight excluding hydrogens is 502 g/mol. The average Bonchev–Trinajstić information content (AvgIpc) is 3.16. The van der Waals surface area contributed by atoms with Gasteiger partial charge in [0.1, 0.15) is 13.2 Å². The van der Waals surface area contributed by atoms with Crippen molar-refractivity contribution >= 4 is 40.6 Å². The van der Waals surface area contributed by atoms with E-state index in [1.165, 1.54) is 4.90 Å². The van der Waals surface area contributed by atoms with E-state index in [9.17, 15) is 9.59 Å². The molecule has 0 N–H and O–H groups in total. The third-order valence-corrected chi connectivity index (χ3v) is 6.47. The number of rotatable bonds is 10. The number of hydrogen-bond donors (Lipinski definition) is 0. The molecule has 0 bridgehead atoms. The summed E-state index contributed by atoms with van der Waals surface area (Å²) in [5.41, 5.74) is 1.65. The van der Waals surface area contributed by atoms with Crippen LogP contribution < -0.4 is 18.9 Å². The molecule has 4 rings (SSSR count). The van der Waals surface area contributed by atoms with Crippen molar-refractivity contribution in [1.82, 2.24) is 4.90 Å². The van der Waals surface area contributed by atoms with Crippen molar-refractivity contribution < 1.29 is 28.5 Å². The Morgan fingerprint density at radius 2 is 1.56 bits per heavy atom. The van der Waals surface area contributed by atoms with E-state index in [1.807, 2.05) is 24.3 Å². The van der Waals surface area contributed by atoms with Gasteiger partial charge in [0.05, 0.1) is 25.7 Å². The van der Waals surface area contributed by atoms with E-state index in [4.69, 9.17) is 30.5 Å². The fourth-order valence-electron chi connectivity index (χ4n) is 3.47. The molecule has 0 atom stereocenters. The molecule has 0 radical (unpaired) electrons. The highest BCUT2D eigenvalue weighted by Crippen LogP contribution is 2.35. The van der Waals surface area contributed by atoms with Crippen LogP contribution in [-0.4, -0.2) is 43.4 Å². The summed E-state index contributed by atoms with van der Waals surface area (Å²) < 4.78 is 22.3. The van der Waals surface area contributed by atoms with E-state index in [0.29, 0.717) is 45.1 Å². The molecule has 3 aromatic carbocycles. The van der Waals surface area contributed by atoms with Crippen LogP contribution in [0, 0.1) is 0 Å². The number of hydrogen-bond acceptors (Lipinski definition) is 7. The molecule has 2 amide bonds. The molecule has 1 heterocycles. The Kier molecular flexibility index (Phi) is 8.40. The number of carbonyl (C=O) groups is 2. The minimum Gasteiger partial charge on any atom is -0.493 e. The molecule has 0 aromatic heterocycles. The van der Waals surface area contributed by atoms with Gasteiger partial charge in [-0.2, -0.15) is 0 Å². The lowest BCUT2D eigenvalue weighted by molar-refractivity contribution is -0.123. The fourth-order valence-corrected chi connectivity index (χ4v) is 4.46. The van der Waals surface area contributed by atoms with E-state index in [-0.39, 0.29) is 24.3 Å². The van der Waals surface area contributed by atoms with Gasteiger partial charge in [0.2, 0.25) is 0 Å². The summed E-state index contributed by atoms with van der Waals surface area (Å²) in [5.74, 6) is 1.84. The molecule has 186 valence electrons. The lowest BCUT2D eigenvalue weighted by atomic mass is 10.1. The topological polar surface area (TPSA) is 74.3 Å². The second-order valence-corrected chi connectivity index (χ2v) is 9.09. The number of imide groups is 1. The van der Waals surface area contributed by atoms with Crippen LogP contribution in [0.25, 0.3) is 6.08 Å². The molecule has 0 saturated carbocycles. The van der Waals surface area contributed by atoms with Gasteiger partial charge in [0.25, 0.3) is 11.1 Å². The predicted molar refractivity (Wildman–Crippen MR) is 140 cm³/mol. The van der Waals surface area contributed by atoms with Gasteiger partial charge in [0, 0.05) is 5.02 Å². The number of methoxy groups -OCH3 is 2. The molecule has 1 fully saturated rings. The SMILES string of the molecule is COc1ccccc1OCCN1C(=O)S/C(=C\c2ccc(OC)c(OCc3ccc(Cl)cc3)c2)C1=O. The minimum absolute atomic E-state index is 0.123. The Morgan fingerprint density at radius 1 is 0.861 bits per heavy atom. The van der Waals surface area contributed by atoms with Crippen molar-refractivity contribution in [2.24, 2.45) is 0 Å². The lowest BCUT2D eigenvalue weighted by Gasteiger charge is -2.14. The Bertz CT molecular complexity index is 1280. The number of ether oxygens (including phenoxy) is 4. The van der Waals surface area contributed by atoms with E-state index < -0.39 is 0 Å². The first-order chi connectivity index (χ1) is 17.5. The zero-order chi connectivity index (χ0) is 25.5. The van der Waals surface area contributed by atoms with E-state index in [0.717, 1.165) is 17.3 Å². The first-order valence-corrected chi connectivity index (χ1v) is 12.2. The van der Waals surface area contributed by atoms with Crippen molar-refractivity contribution in [2.45, 2.75) is 6.61 Å². The van der Waals surface area contributed by atoms with Gasteiger partial charge in [-0.15, -0.1) is 0 Å². The summed E-state index contributed by atoms with van der Waals surface area (Å²) >= 11 is 6.83. The average molecular weight is 526 g/mol. The van der Waals surface area contributed by atoms with Crippen LogP contribution in [-0.2, 0) is 11.4 Å².